The van der Waals surface area contributed by atoms with Crippen molar-refractivity contribution in [3.8, 4) is 0 Å². The molecule has 2 aromatic carbocycles. The van der Waals surface area contributed by atoms with Crippen LogP contribution in [0, 0.1) is 10.1 Å². The Bertz CT molecular complexity index is 1560. The number of hydrogen-bond acceptors (Lipinski definition) is 9. The summed E-state index contributed by atoms with van der Waals surface area (Å²) in [5.74, 6) is -3.28. The Labute approximate surface area is 233 Å². The molecule has 216 valence electrons. The second kappa shape index (κ2) is 13.3. The summed E-state index contributed by atoms with van der Waals surface area (Å²) in [5, 5.41) is 26.1. The number of carboxylic acid groups (broad SMARTS) is 2. The molecule has 0 spiro atoms. The molecule has 3 aromatic rings. The van der Waals surface area contributed by atoms with E-state index in [1.54, 1.807) is 37.4 Å². The molecule has 0 bridgehead atoms. The van der Waals surface area contributed by atoms with Crippen molar-refractivity contribution in [2.75, 3.05) is 37.6 Å². The fourth-order valence-electron chi connectivity index (χ4n) is 4.36. The molecule has 1 aromatic heterocycles. The molecule has 41 heavy (non-hydrogen) atoms. The zero-order valence-corrected chi connectivity index (χ0v) is 22.4. The van der Waals surface area contributed by atoms with Crippen LogP contribution in [0.2, 0.25) is 0 Å². The van der Waals surface area contributed by atoms with Crippen LogP contribution in [-0.2, 0) is 30.1 Å². The van der Waals surface area contributed by atoms with Crippen LogP contribution in [-0.4, -0.2) is 79.6 Å². The minimum atomic E-state index is -1.82. The second-order valence-corrected chi connectivity index (χ2v) is 9.22. The van der Waals surface area contributed by atoms with Crippen molar-refractivity contribution in [1.29, 1.82) is 0 Å². The fraction of sp³-hybridized carbons (Fsp3) is 0.296. The van der Waals surface area contributed by atoms with Crippen molar-refractivity contribution in [2.45, 2.75) is 6.42 Å². The second-order valence-electron chi connectivity index (χ2n) is 9.22. The summed E-state index contributed by atoms with van der Waals surface area (Å²) >= 11 is 0. The highest BCUT2D eigenvalue weighted by molar-refractivity contribution is 6.27. The van der Waals surface area contributed by atoms with Gasteiger partial charge in [0.25, 0.3) is 11.2 Å². The van der Waals surface area contributed by atoms with Gasteiger partial charge >= 0.3 is 17.6 Å². The number of nitro groups is 1. The fourth-order valence-corrected chi connectivity index (χ4v) is 4.36. The van der Waals surface area contributed by atoms with Gasteiger partial charge in [0.15, 0.2) is 5.78 Å². The number of carbonyl (C=O) groups excluding carboxylic acids is 1. The Kier molecular flexibility index (Phi) is 9.87. The van der Waals surface area contributed by atoms with Crippen LogP contribution in [0.25, 0.3) is 0 Å². The Hall–Kier alpha value is -5.11. The number of ketones is 1. The van der Waals surface area contributed by atoms with Gasteiger partial charge in [-0.2, -0.15) is 0 Å². The third-order valence-electron chi connectivity index (χ3n) is 6.66. The van der Waals surface area contributed by atoms with Crippen molar-refractivity contribution in [1.82, 2.24) is 14.0 Å². The lowest BCUT2D eigenvalue weighted by molar-refractivity contribution is -0.384. The first-order valence-corrected chi connectivity index (χ1v) is 12.5. The molecule has 0 unspecified atom stereocenters. The summed E-state index contributed by atoms with van der Waals surface area (Å²) in [7, 11) is 3.12. The number of benzene rings is 2. The molecular formula is C27H29N5O9. The number of nitrogens with zero attached hydrogens (tertiary/aromatic N) is 5. The number of nitro benzene ring substituents is 1. The first-order valence-electron chi connectivity index (χ1n) is 12.5. The summed E-state index contributed by atoms with van der Waals surface area (Å²) in [6.07, 6.45) is 0.566. The average Bonchev–Trinajstić information content (AvgIpc) is 2.97. The Morgan fingerprint density at radius 2 is 1.49 bits per heavy atom. The Morgan fingerprint density at radius 1 is 0.878 bits per heavy atom. The standard InChI is InChI=1S/C25H27N5O5.C2H2O4/c1-26-22(17-23(31)27(2)25(26)33)29-14-12-28(13-15-29)11-10-18-8-9-20(30(34)35)16-21(18)24(32)19-6-4-3-5-7-19;3-1(4)2(5)6/h3-9,16-17H,10-15H2,1-2H3;(H,3,4)(H,5,6). The van der Waals surface area contributed by atoms with Gasteiger partial charge in [-0.3, -0.25) is 33.7 Å². The van der Waals surface area contributed by atoms with E-state index in [1.165, 1.54) is 29.8 Å². The monoisotopic (exact) mass is 567 g/mol. The topological polar surface area (TPSA) is 185 Å². The largest absolute Gasteiger partial charge is 0.473 e. The van der Waals surface area contributed by atoms with E-state index in [0.717, 1.165) is 23.2 Å². The van der Waals surface area contributed by atoms with Gasteiger partial charge in [0.05, 0.1) is 4.92 Å². The molecule has 1 aliphatic heterocycles. The first kappa shape index (κ1) is 30.4. The van der Waals surface area contributed by atoms with Gasteiger partial charge in [-0.1, -0.05) is 36.4 Å². The lowest BCUT2D eigenvalue weighted by Crippen LogP contribution is -2.49. The molecule has 4 rings (SSSR count). The summed E-state index contributed by atoms with van der Waals surface area (Å²) < 4.78 is 2.56. The van der Waals surface area contributed by atoms with E-state index in [-0.39, 0.29) is 22.7 Å². The van der Waals surface area contributed by atoms with E-state index in [2.05, 4.69) is 4.90 Å². The van der Waals surface area contributed by atoms with Gasteiger partial charge < -0.3 is 15.1 Å². The number of carbonyl (C=O) groups is 3. The van der Waals surface area contributed by atoms with Crippen LogP contribution in [0.15, 0.2) is 64.2 Å². The van der Waals surface area contributed by atoms with Crippen molar-refractivity contribution < 1.29 is 29.5 Å². The van der Waals surface area contributed by atoms with Crippen molar-refractivity contribution in [3.05, 3.63) is 102 Å². The first-order chi connectivity index (χ1) is 19.4. The number of non-ortho nitro benzene ring substituents is 1. The third-order valence-corrected chi connectivity index (χ3v) is 6.66. The third kappa shape index (κ3) is 7.51. The van der Waals surface area contributed by atoms with E-state index < -0.39 is 16.9 Å². The number of hydrogen-bond donors (Lipinski definition) is 2. The van der Waals surface area contributed by atoms with Gasteiger partial charge in [-0.25, -0.2) is 14.4 Å². The number of aromatic nitrogens is 2. The molecule has 0 saturated carbocycles. The van der Waals surface area contributed by atoms with Crippen LogP contribution >= 0.6 is 0 Å². The Morgan fingerprint density at radius 3 is 2.05 bits per heavy atom. The summed E-state index contributed by atoms with van der Waals surface area (Å²) in [5.41, 5.74) is 0.798. The quantitative estimate of drug-likeness (QED) is 0.178. The number of carboxylic acids is 2. The molecule has 2 heterocycles. The molecule has 1 saturated heterocycles. The minimum Gasteiger partial charge on any atom is -0.473 e. The van der Waals surface area contributed by atoms with Gasteiger partial charge in [0.2, 0.25) is 0 Å². The maximum atomic E-state index is 13.1. The number of piperazine rings is 1. The number of anilines is 1. The van der Waals surface area contributed by atoms with E-state index in [4.69, 9.17) is 19.8 Å². The summed E-state index contributed by atoms with van der Waals surface area (Å²) in [6.45, 7) is 3.42. The molecule has 0 atom stereocenters. The molecule has 1 aliphatic rings. The molecule has 0 amide bonds. The van der Waals surface area contributed by atoms with Gasteiger partial charge in [0.1, 0.15) is 5.82 Å². The number of aliphatic carboxylic acids is 2. The molecule has 0 radical (unpaired) electrons. The van der Waals surface area contributed by atoms with Gasteiger partial charge in [-0.05, 0) is 12.0 Å². The van der Waals surface area contributed by atoms with Gasteiger partial charge in [0, 0.05) is 76.1 Å². The van der Waals surface area contributed by atoms with Crippen LogP contribution in [0.3, 0.4) is 0 Å². The minimum absolute atomic E-state index is 0.110. The average molecular weight is 568 g/mol. The predicted octanol–water partition coefficient (Wildman–Crippen LogP) is 0.744. The highest BCUT2D eigenvalue weighted by atomic mass is 16.6. The van der Waals surface area contributed by atoms with Crippen molar-refractivity contribution in [3.63, 3.8) is 0 Å². The maximum Gasteiger partial charge on any atom is 0.414 e. The highest BCUT2D eigenvalue weighted by Gasteiger charge is 2.22. The highest BCUT2D eigenvalue weighted by Crippen LogP contribution is 2.22. The molecular weight excluding hydrogens is 538 g/mol. The Balaban J connectivity index is 0.000000696. The van der Waals surface area contributed by atoms with E-state index in [0.29, 0.717) is 43.0 Å². The van der Waals surface area contributed by atoms with E-state index in [1.807, 2.05) is 11.0 Å². The van der Waals surface area contributed by atoms with Crippen molar-refractivity contribution >= 4 is 29.2 Å². The molecule has 0 aliphatic carbocycles. The summed E-state index contributed by atoms with van der Waals surface area (Å²) in [4.78, 5) is 70.7. The summed E-state index contributed by atoms with van der Waals surface area (Å²) in [6, 6.07) is 14.7. The van der Waals surface area contributed by atoms with E-state index >= 15 is 0 Å². The normalized spacial score (nSPS) is 13.2. The number of rotatable bonds is 7. The van der Waals surface area contributed by atoms with E-state index in [9.17, 15) is 24.5 Å². The lowest BCUT2D eigenvalue weighted by atomic mass is 9.95. The van der Waals surface area contributed by atoms with Crippen LogP contribution in [0.5, 0.6) is 0 Å². The predicted molar refractivity (Wildman–Crippen MR) is 148 cm³/mol. The van der Waals surface area contributed by atoms with Crippen LogP contribution < -0.4 is 16.1 Å². The maximum absolute atomic E-state index is 13.1. The molecule has 2 N–H and O–H groups in total. The molecule has 1 fully saturated rings. The van der Waals surface area contributed by atoms with Crippen LogP contribution in [0.1, 0.15) is 21.5 Å². The molecule has 14 heteroatoms. The van der Waals surface area contributed by atoms with Gasteiger partial charge in [-0.15, -0.1) is 0 Å². The lowest BCUT2D eigenvalue weighted by Gasteiger charge is -2.36. The SMILES string of the molecule is Cn1c(N2CCN(CCc3ccc([N+](=O)[O-])cc3C(=O)c3ccccc3)CC2)cc(=O)n(C)c1=O.O=C(O)C(=O)O. The zero-order chi connectivity index (χ0) is 30.3. The zero-order valence-electron chi connectivity index (χ0n) is 22.4. The van der Waals surface area contributed by atoms with Crippen LogP contribution in [0.4, 0.5) is 11.5 Å². The van der Waals surface area contributed by atoms with Crippen molar-refractivity contribution in [2.24, 2.45) is 14.1 Å². The molecule has 14 nitrogen and oxygen atoms in total. The smallest absolute Gasteiger partial charge is 0.414 e.